The van der Waals surface area contributed by atoms with Crippen molar-refractivity contribution in [1.82, 2.24) is 0 Å². The third-order valence-electron chi connectivity index (χ3n) is 3.52. The zero-order valence-electron chi connectivity index (χ0n) is 11.8. The van der Waals surface area contributed by atoms with Gasteiger partial charge in [-0.1, -0.05) is 36.4 Å². The van der Waals surface area contributed by atoms with E-state index >= 15 is 0 Å². The predicted molar refractivity (Wildman–Crippen MR) is 82.0 cm³/mol. The first-order valence-corrected chi connectivity index (χ1v) is 6.91. The lowest BCUT2D eigenvalue weighted by molar-refractivity contribution is -0.139. The molecular formula is C18H14O4. The molecule has 22 heavy (non-hydrogen) atoms. The second-order valence-corrected chi connectivity index (χ2v) is 5.08. The Balaban J connectivity index is 1.76. The number of carbonyl (C=O) groups excluding carboxylic acids is 1. The van der Waals surface area contributed by atoms with Crippen LogP contribution in [-0.4, -0.2) is 23.5 Å². The zero-order valence-corrected chi connectivity index (χ0v) is 11.8. The largest absolute Gasteiger partial charge is 0.482 e. The maximum Gasteiger partial charge on any atom is 0.341 e. The molecule has 0 spiro atoms. The van der Waals surface area contributed by atoms with Gasteiger partial charge in [-0.2, -0.15) is 0 Å². The topological polar surface area (TPSA) is 63.6 Å². The number of Topliss-reactive ketones (excluding diaryl/α,β-unsaturated/α-hetero) is 1. The highest BCUT2D eigenvalue weighted by atomic mass is 16.5. The summed E-state index contributed by atoms with van der Waals surface area (Å²) < 4.78 is 5.08. The summed E-state index contributed by atoms with van der Waals surface area (Å²) in [5, 5.41) is 8.56. The summed E-state index contributed by atoms with van der Waals surface area (Å²) in [6.07, 6.45) is 2.51. The van der Waals surface area contributed by atoms with Gasteiger partial charge in [-0.25, -0.2) is 4.79 Å². The van der Waals surface area contributed by atoms with Crippen molar-refractivity contribution >= 4 is 17.8 Å². The van der Waals surface area contributed by atoms with Gasteiger partial charge in [-0.3, -0.25) is 4.79 Å². The maximum atomic E-state index is 12.3. The minimum Gasteiger partial charge on any atom is -0.482 e. The van der Waals surface area contributed by atoms with E-state index in [1.165, 1.54) is 0 Å². The molecule has 0 fully saturated rings. The Morgan fingerprint density at radius 2 is 1.86 bits per heavy atom. The van der Waals surface area contributed by atoms with Crippen LogP contribution in [0.5, 0.6) is 5.75 Å². The van der Waals surface area contributed by atoms with Gasteiger partial charge in [-0.15, -0.1) is 0 Å². The fraction of sp³-hybridized carbons (Fsp3) is 0.111. The smallest absolute Gasteiger partial charge is 0.341 e. The summed E-state index contributed by atoms with van der Waals surface area (Å²) in [5.41, 5.74) is 3.48. The van der Waals surface area contributed by atoms with E-state index in [-0.39, 0.29) is 12.4 Å². The number of fused-ring (bicyclic) bond motifs is 1. The van der Waals surface area contributed by atoms with Crippen LogP contribution >= 0.6 is 0 Å². The maximum absolute atomic E-state index is 12.3. The number of benzene rings is 2. The molecule has 2 aromatic rings. The number of ketones is 1. The first kappa shape index (κ1) is 14.1. The Bertz CT molecular complexity index is 757. The van der Waals surface area contributed by atoms with Gasteiger partial charge in [-0.05, 0) is 29.3 Å². The highest BCUT2D eigenvalue weighted by molar-refractivity contribution is 6.15. The van der Waals surface area contributed by atoms with Crippen molar-refractivity contribution in [3.8, 4) is 5.75 Å². The Hall–Kier alpha value is -2.88. The predicted octanol–water partition coefficient (Wildman–Crippen LogP) is 2.97. The first-order chi connectivity index (χ1) is 10.6. The Morgan fingerprint density at radius 3 is 2.55 bits per heavy atom. The van der Waals surface area contributed by atoms with Crippen LogP contribution in [0.1, 0.15) is 21.5 Å². The van der Waals surface area contributed by atoms with Gasteiger partial charge in [0, 0.05) is 17.6 Å². The van der Waals surface area contributed by atoms with Crippen LogP contribution in [0.2, 0.25) is 0 Å². The zero-order chi connectivity index (χ0) is 15.5. The van der Waals surface area contributed by atoms with Crippen molar-refractivity contribution in [3.63, 3.8) is 0 Å². The average molecular weight is 294 g/mol. The van der Waals surface area contributed by atoms with E-state index in [1.54, 1.807) is 24.3 Å². The summed E-state index contributed by atoms with van der Waals surface area (Å²) in [6, 6.07) is 14.6. The van der Waals surface area contributed by atoms with Crippen LogP contribution < -0.4 is 4.74 Å². The molecule has 110 valence electrons. The third-order valence-corrected chi connectivity index (χ3v) is 3.52. The average Bonchev–Trinajstić information content (AvgIpc) is 2.83. The number of rotatable bonds is 4. The fourth-order valence-corrected chi connectivity index (χ4v) is 2.48. The van der Waals surface area contributed by atoms with Crippen LogP contribution in [0, 0.1) is 0 Å². The van der Waals surface area contributed by atoms with Gasteiger partial charge in [0.15, 0.2) is 12.4 Å². The second-order valence-electron chi connectivity index (χ2n) is 5.08. The molecule has 0 aromatic heterocycles. The van der Waals surface area contributed by atoms with Crippen molar-refractivity contribution in [3.05, 3.63) is 70.8 Å². The van der Waals surface area contributed by atoms with Gasteiger partial charge in [0.25, 0.3) is 0 Å². The lowest BCUT2D eigenvalue weighted by Crippen LogP contribution is -2.09. The van der Waals surface area contributed by atoms with Gasteiger partial charge < -0.3 is 9.84 Å². The van der Waals surface area contributed by atoms with Gasteiger partial charge in [0.05, 0.1) is 0 Å². The van der Waals surface area contributed by atoms with Crippen LogP contribution in [0.15, 0.2) is 54.1 Å². The standard InChI is InChI=1S/C18H14O4/c19-17(20)11-22-15-7-5-12(6-8-15)9-14-10-13-3-1-2-4-16(13)18(14)21/h1-9H,10-11H2,(H,19,20)/b14-9+. The second kappa shape index (κ2) is 5.85. The van der Waals surface area contributed by atoms with Crippen LogP contribution in [0.3, 0.4) is 0 Å². The van der Waals surface area contributed by atoms with E-state index < -0.39 is 5.97 Å². The number of hydrogen-bond acceptors (Lipinski definition) is 3. The number of aliphatic carboxylic acids is 1. The summed E-state index contributed by atoms with van der Waals surface area (Å²) >= 11 is 0. The number of carboxylic acid groups (broad SMARTS) is 1. The molecule has 1 aliphatic carbocycles. The Labute approximate surface area is 127 Å². The van der Waals surface area contributed by atoms with E-state index in [2.05, 4.69) is 0 Å². The molecule has 0 saturated heterocycles. The highest BCUT2D eigenvalue weighted by Gasteiger charge is 2.23. The molecule has 0 bridgehead atoms. The molecule has 3 rings (SSSR count). The van der Waals surface area contributed by atoms with Gasteiger partial charge in [0.1, 0.15) is 5.75 Å². The first-order valence-electron chi connectivity index (χ1n) is 6.91. The number of ether oxygens (including phenoxy) is 1. The molecule has 0 heterocycles. The third kappa shape index (κ3) is 2.91. The van der Waals surface area contributed by atoms with E-state index in [0.717, 1.165) is 22.3 Å². The summed E-state index contributed by atoms with van der Waals surface area (Å²) in [6.45, 7) is -0.367. The molecule has 0 saturated carbocycles. The molecule has 1 aliphatic rings. The van der Waals surface area contributed by atoms with Gasteiger partial charge >= 0.3 is 5.97 Å². The highest BCUT2D eigenvalue weighted by Crippen LogP contribution is 2.27. The van der Waals surface area contributed by atoms with Crippen molar-refractivity contribution in [2.75, 3.05) is 6.61 Å². The Kier molecular flexibility index (Phi) is 3.74. The molecule has 0 atom stereocenters. The van der Waals surface area contributed by atoms with Crippen LogP contribution in [0.4, 0.5) is 0 Å². The number of carbonyl (C=O) groups is 2. The van der Waals surface area contributed by atoms with Crippen LogP contribution in [-0.2, 0) is 11.2 Å². The molecule has 0 amide bonds. The van der Waals surface area contributed by atoms with E-state index in [9.17, 15) is 9.59 Å². The molecule has 0 aliphatic heterocycles. The van der Waals surface area contributed by atoms with Crippen molar-refractivity contribution in [1.29, 1.82) is 0 Å². The quantitative estimate of drug-likeness (QED) is 0.881. The number of allylic oxidation sites excluding steroid dienone is 1. The van der Waals surface area contributed by atoms with E-state index in [0.29, 0.717) is 12.2 Å². The number of carboxylic acids is 1. The molecule has 0 unspecified atom stereocenters. The molecule has 2 aromatic carbocycles. The lowest BCUT2D eigenvalue weighted by atomic mass is 10.1. The normalized spacial score (nSPS) is 14.9. The fourth-order valence-electron chi connectivity index (χ4n) is 2.48. The lowest BCUT2D eigenvalue weighted by Gasteiger charge is -2.03. The van der Waals surface area contributed by atoms with Crippen molar-refractivity contribution in [2.24, 2.45) is 0 Å². The summed E-state index contributed by atoms with van der Waals surface area (Å²) in [7, 11) is 0. The molecular weight excluding hydrogens is 280 g/mol. The summed E-state index contributed by atoms with van der Waals surface area (Å²) in [4.78, 5) is 22.7. The minimum absolute atomic E-state index is 0.0711. The van der Waals surface area contributed by atoms with E-state index in [4.69, 9.17) is 9.84 Å². The molecule has 4 nitrogen and oxygen atoms in total. The van der Waals surface area contributed by atoms with Gasteiger partial charge in [0.2, 0.25) is 0 Å². The van der Waals surface area contributed by atoms with Crippen LogP contribution in [0.25, 0.3) is 6.08 Å². The van der Waals surface area contributed by atoms with Crippen molar-refractivity contribution in [2.45, 2.75) is 6.42 Å². The molecule has 0 radical (unpaired) electrons. The SMILES string of the molecule is O=C(O)COc1ccc(/C=C2\Cc3ccccc3C2=O)cc1. The minimum atomic E-state index is -1.01. The van der Waals surface area contributed by atoms with E-state index in [1.807, 2.05) is 30.3 Å². The monoisotopic (exact) mass is 294 g/mol. The van der Waals surface area contributed by atoms with Crippen molar-refractivity contribution < 1.29 is 19.4 Å². The number of hydrogen-bond donors (Lipinski definition) is 1. The summed E-state index contributed by atoms with van der Waals surface area (Å²) in [5.74, 6) is -0.451. The Morgan fingerprint density at radius 1 is 1.14 bits per heavy atom. The molecule has 1 N–H and O–H groups in total. The molecule has 4 heteroatoms.